The molecule has 0 aliphatic heterocycles. The molecule has 0 aromatic heterocycles. The minimum atomic E-state index is -3.79. The van der Waals surface area contributed by atoms with Gasteiger partial charge in [-0.05, 0) is 54.8 Å². The maximum Gasteiger partial charge on any atom is 0.262 e. The van der Waals surface area contributed by atoms with Crippen molar-refractivity contribution in [3.8, 4) is 0 Å². The molecular formula is C25H28N2O4S. The van der Waals surface area contributed by atoms with E-state index in [0.717, 1.165) is 11.1 Å². The van der Waals surface area contributed by atoms with Crippen molar-refractivity contribution in [3.05, 3.63) is 95.1 Å². The van der Waals surface area contributed by atoms with Crippen LogP contribution < -0.4 is 4.72 Å². The molecule has 0 saturated carbocycles. The topological polar surface area (TPSA) is 75.7 Å². The summed E-state index contributed by atoms with van der Waals surface area (Å²) in [5.41, 5.74) is 3.25. The number of sulfonamides is 1. The van der Waals surface area contributed by atoms with Crippen molar-refractivity contribution in [2.24, 2.45) is 0 Å². The van der Waals surface area contributed by atoms with Crippen molar-refractivity contribution in [3.63, 3.8) is 0 Å². The molecule has 1 N–H and O–H groups in total. The molecule has 0 fully saturated rings. The van der Waals surface area contributed by atoms with E-state index in [0.29, 0.717) is 36.5 Å². The first kappa shape index (κ1) is 23.5. The number of nitrogens with one attached hydrogen (secondary N) is 1. The van der Waals surface area contributed by atoms with E-state index in [4.69, 9.17) is 4.74 Å². The van der Waals surface area contributed by atoms with Gasteiger partial charge in [-0.2, -0.15) is 0 Å². The third kappa shape index (κ3) is 5.96. The van der Waals surface area contributed by atoms with E-state index < -0.39 is 10.0 Å². The molecule has 7 heteroatoms. The van der Waals surface area contributed by atoms with E-state index in [2.05, 4.69) is 4.72 Å². The molecule has 0 spiro atoms. The fourth-order valence-electron chi connectivity index (χ4n) is 3.36. The van der Waals surface area contributed by atoms with Gasteiger partial charge in [0.05, 0.1) is 11.5 Å². The van der Waals surface area contributed by atoms with Gasteiger partial charge in [-0.3, -0.25) is 9.52 Å². The van der Waals surface area contributed by atoms with Crippen LogP contribution in [0.3, 0.4) is 0 Å². The van der Waals surface area contributed by atoms with Crippen LogP contribution in [0.4, 0.5) is 5.69 Å². The number of carbonyl (C=O) groups excluding carboxylic acids is 1. The van der Waals surface area contributed by atoms with E-state index in [1.165, 1.54) is 0 Å². The lowest BCUT2D eigenvalue weighted by Crippen LogP contribution is -2.33. The number of carbonyl (C=O) groups is 1. The van der Waals surface area contributed by atoms with E-state index in [-0.39, 0.29) is 10.8 Å². The molecule has 0 saturated heterocycles. The smallest absolute Gasteiger partial charge is 0.262 e. The molecule has 0 unspecified atom stereocenters. The SMILES string of the molecule is COCCN(Cc1ccccc1)C(=O)c1cccc(NS(=O)(=O)c2cc(C)ccc2C)c1. The van der Waals surface area contributed by atoms with Crippen LogP contribution in [-0.2, 0) is 21.3 Å². The number of hydrogen-bond acceptors (Lipinski definition) is 4. The molecule has 6 nitrogen and oxygen atoms in total. The summed E-state index contributed by atoms with van der Waals surface area (Å²) in [5, 5.41) is 0. The van der Waals surface area contributed by atoms with Crippen LogP contribution in [0.5, 0.6) is 0 Å². The number of benzene rings is 3. The Morgan fingerprint density at radius 2 is 1.72 bits per heavy atom. The van der Waals surface area contributed by atoms with Gasteiger partial charge in [-0.15, -0.1) is 0 Å². The molecule has 3 aromatic rings. The van der Waals surface area contributed by atoms with E-state index >= 15 is 0 Å². The van der Waals surface area contributed by atoms with Crippen LogP contribution in [0.1, 0.15) is 27.0 Å². The van der Waals surface area contributed by atoms with Crippen molar-refractivity contribution >= 4 is 21.6 Å². The predicted octanol–water partition coefficient (Wildman–Crippen LogP) is 4.39. The summed E-state index contributed by atoms with van der Waals surface area (Å²) in [6.45, 7) is 4.85. The highest BCUT2D eigenvalue weighted by atomic mass is 32.2. The van der Waals surface area contributed by atoms with Crippen LogP contribution in [0.2, 0.25) is 0 Å². The van der Waals surface area contributed by atoms with Crippen molar-refractivity contribution < 1.29 is 17.9 Å². The van der Waals surface area contributed by atoms with Crippen LogP contribution >= 0.6 is 0 Å². The van der Waals surface area contributed by atoms with Gasteiger partial charge < -0.3 is 9.64 Å². The average Bonchev–Trinajstić information content (AvgIpc) is 2.78. The quantitative estimate of drug-likeness (QED) is 0.522. The molecule has 0 aliphatic rings. The number of anilines is 1. The summed E-state index contributed by atoms with van der Waals surface area (Å²) in [4.78, 5) is 15.1. The van der Waals surface area contributed by atoms with Crippen molar-refractivity contribution in [1.29, 1.82) is 0 Å². The van der Waals surface area contributed by atoms with Gasteiger partial charge in [0.25, 0.3) is 15.9 Å². The highest BCUT2D eigenvalue weighted by Crippen LogP contribution is 2.22. The summed E-state index contributed by atoms with van der Waals surface area (Å²) in [7, 11) is -2.20. The Hall–Kier alpha value is -3.16. The molecule has 0 bridgehead atoms. The lowest BCUT2D eigenvalue weighted by molar-refractivity contribution is 0.0680. The van der Waals surface area contributed by atoms with Gasteiger partial charge in [-0.1, -0.05) is 48.5 Å². The summed E-state index contributed by atoms with van der Waals surface area (Å²) in [6.07, 6.45) is 0. The van der Waals surface area contributed by atoms with Crippen molar-refractivity contribution in [1.82, 2.24) is 4.90 Å². The first-order valence-corrected chi connectivity index (χ1v) is 11.8. The van der Waals surface area contributed by atoms with Crippen LogP contribution in [-0.4, -0.2) is 39.5 Å². The fourth-order valence-corrected chi connectivity index (χ4v) is 4.74. The maximum atomic E-state index is 13.2. The number of nitrogens with zero attached hydrogens (tertiary/aromatic N) is 1. The van der Waals surface area contributed by atoms with Crippen LogP contribution in [0, 0.1) is 13.8 Å². The lowest BCUT2D eigenvalue weighted by atomic mass is 10.1. The summed E-state index contributed by atoms with van der Waals surface area (Å²) < 4.78 is 33.7. The number of hydrogen-bond donors (Lipinski definition) is 1. The normalized spacial score (nSPS) is 11.2. The van der Waals surface area contributed by atoms with Gasteiger partial charge in [0, 0.05) is 31.5 Å². The van der Waals surface area contributed by atoms with Crippen molar-refractivity contribution in [2.75, 3.05) is 25.0 Å². The Bertz CT molecular complexity index is 1180. The molecule has 0 heterocycles. The second-order valence-corrected chi connectivity index (χ2v) is 9.31. The standard InChI is InChI=1S/C25H28N2O4S/c1-19-12-13-20(2)24(16-19)32(29,30)26-23-11-7-10-22(17-23)25(28)27(14-15-31-3)18-21-8-5-4-6-9-21/h4-13,16-17,26H,14-15,18H2,1-3H3. The first-order valence-electron chi connectivity index (χ1n) is 10.3. The Labute approximate surface area is 189 Å². The summed E-state index contributed by atoms with van der Waals surface area (Å²) in [5.74, 6) is -0.196. The predicted molar refractivity (Wildman–Crippen MR) is 126 cm³/mol. The first-order chi connectivity index (χ1) is 15.3. The van der Waals surface area contributed by atoms with Gasteiger partial charge in [0.1, 0.15) is 0 Å². The molecule has 32 heavy (non-hydrogen) atoms. The largest absolute Gasteiger partial charge is 0.383 e. The summed E-state index contributed by atoms with van der Waals surface area (Å²) in [6, 6.07) is 21.5. The van der Waals surface area contributed by atoms with Gasteiger partial charge in [0.15, 0.2) is 0 Å². The Morgan fingerprint density at radius 3 is 2.44 bits per heavy atom. The minimum absolute atomic E-state index is 0.196. The number of rotatable bonds is 9. The van der Waals surface area contributed by atoms with Gasteiger partial charge in [-0.25, -0.2) is 8.42 Å². The molecule has 0 atom stereocenters. The lowest BCUT2D eigenvalue weighted by Gasteiger charge is -2.23. The highest BCUT2D eigenvalue weighted by Gasteiger charge is 2.20. The second-order valence-electron chi connectivity index (χ2n) is 7.66. The maximum absolute atomic E-state index is 13.2. The third-order valence-electron chi connectivity index (χ3n) is 5.06. The molecule has 3 rings (SSSR count). The number of methoxy groups -OCH3 is 1. The summed E-state index contributed by atoms with van der Waals surface area (Å²) >= 11 is 0. The number of aryl methyl sites for hydroxylation is 2. The van der Waals surface area contributed by atoms with Crippen LogP contribution in [0.15, 0.2) is 77.7 Å². The highest BCUT2D eigenvalue weighted by molar-refractivity contribution is 7.92. The molecule has 0 aliphatic carbocycles. The third-order valence-corrected chi connectivity index (χ3v) is 6.59. The minimum Gasteiger partial charge on any atom is -0.383 e. The zero-order valence-electron chi connectivity index (χ0n) is 18.5. The fraction of sp³-hybridized carbons (Fsp3) is 0.240. The second kappa shape index (κ2) is 10.4. The van der Waals surface area contributed by atoms with Crippen molar-refractivity contribution in [2.45, 2.75) is 25.3 Å². The van der Waals surface area contributed by atoms with Gasteiger partial charge >= 0.3 is 0 Å². The molecular weight excluding hydrogens is 424 g/mol. The molecule has 0 radical (unpaired) electrons. The Morgan fingerprint density at radius 1 is 0.969 bits per heavy atom. The number of ether oxygens (including phenoxy) is 1. The monoisotopic (exact) mass is 452 g/mol. The average molecular weight is 453 g/mol. The molecule has 1 amide bonds. The molecule has 168 valence electrons. The van der Waals surface area contributed by atoms with E-state index in [9.17, 15) is 13.2 Å². The number of amides is 1. The Kier molecular flexibility index (Phi) is 7.66. The van der Waals surface area contributed by atoms with Crippen LogP contribution in [0.25, 0.3) is 0 Å². The van der Waals surface area contributed by atoms with E-state index in [1.54, 1.807) is 55.3 Å². The van der Waals surface area contributed by atoms with E-state index in [1.807, 2.05) is 43.3 Å². The molecule has 3 aromatic carbocycles. The zero-order valence-corrected chi connectivity index (χ0v) is 19.4. The van der Waals surface area contributed by atoms with Gasteiger partial charge in [0.2, 0.25) is 0 Å². The zero-order chi connectivity index (χ0) is 23.1. The Balaban J connectivity index is 1.84.